The molecule has 1 aliphatic heterocycles. The normalized spacial score (nSPS) is 24.3. The van der Waals surface area contributed by atoms with Gasteiger partial charge in [0.05, 0.1) is 6.26 Å². The van der Waals surface area contributed by atoms with E-state index in [0.29, 0.717) is 18.1 Å². The zero-order valence-electron chi connectivity index (χ0n) is 16.3. The second-order valence-corrected chi connectivity index (χ2v) is 10.2. The van der Waals surface area contributed by atoms with Crippen LogP contribution in [0.15, 0.2) is 48.5 Å². The van der Waals surface area contributed by atoms with Crippen LogP contribution in [-0.4, -0.2) is 44.6 Å². The fourth-order valence-corrected chi connectivity index (χ4v) is 5.40. The molecule has 5 nitrogen and oxygen atoms in total. The van der Waals surface area contributed by atoms with Gasteiger partial charge in [0.25, 0.3) is 0 Å². The summed E-state index contributed by atoms with van der Waals surface area (Å²) in [6.45, 7) is 1.14. The van der Waals surface area contributed by atoms with Crippen molar-refractivity contribution in [3.63, 3.8) is 0 Å². The van der Waals surface area contributed by atoms with Gasteiger partial charge in [0.1, 0.15) is 0 Å². The molecule has 0 aromatic heterocycles. The van der Waals surface area contributed by atoms with Crippen molar-refractivity contribution in [1.29, 1.82) is 0 Å². The predicted octanol–water partition coefficient (Wildman–Crippen LogP) is 3.65. The molecule has 29 heavy (non-hydrogen) atoms. The summed E-state index contributed by atoms with van der Waals surface area (Å²) in [7, 11) is -3.27. The average molecular weight is 433 g/mol. The Hall–Kier alpha value is -1.89. The number of amides is 1. The fraction of sp³-hybridized carbons (Fsp3) is 0.409. The first kappa shape index (κ1) is 20.4. The highest BCUT2D eigenvalue weighted by atomic mass is 35.5. The number of nitrogens with zero attached hydrogens (tertiary/aromatic N) is 1. The molecule has 2 aromatic rings. The van der Waals surface area contributed by atoms with Crippen LogP contribution >= 0.6 is 11.6 Å². The van der Waals surface area contributed by atoms with Gasteiger partial charge in [-0.25, -0.2) is 13.1 Å². The number of carbonyl (C=O) groups is 1. The van der Waals surface area contributed by atoms with Crippen LogP contribution in [0, 0.1) is 5.92 Å². The molecule has 1 saturated heterocycles. The Labute approximate surface area is 177 Å². The van der Waals surface area contributed by atoms with E-state index >= 15 is 0 Å². The lowest BCUT2D eigenvalue weighted by Gasteiger charge is -2.33. The monoisotopic (exact) mass is 432 g/mol. The van der Waals surface area contributed by atoms with Gasteiger partial charge in [-0.15, -0.1) is 0 Å². The second-order valence-electron chi connectivity index (χ2n) is 8.03. The molecule has 0 unspecified atom stereocenters. The third kappa shape index (κ3) is 4.65. The summed E-state index contributed by atoms with van der Waals surface area (Å²) in [6, 6.07) is 15.7. The SMILES string of the molecule is CS(=O)(=O)N[C@@H]1CCCN(C(=O)[C@@H]2C[C@H]2c2ccccc2-c2ccccc2Cl)C1. The smallest absolute Gasteiger partial charge is 0.226 e. The third-order valence-electron chi connectivity index (χ3n) is 5.75. The molecular weight excluding hydrogens is 408 g/mol. The summed E-state index contributed by atoms with van der Waals surface area (Å²) in [4.78, 5) is 14.9. The Balaban J connectivity index is 1.49. The van der Waals surface area contributed by atoms with E-state index < -0.39 is 10.0 Å². The molecule has 1 amide bonds. The van der Waals surface area contributed by atoms with Crippen molar-refractivity contribution in [2.75, 3.05) is 19.3 Å². The summed E-state index contributed by atoms with van der Waals surface area (Å²) in [5.74, 6) is 0.262. The van der Waals surface area contributed by atoms with Crippen molar-refractivity contribution in [3.8, 4) is 11.1 Å². The summed E-state index contributed by atoms with van der Waals surface area (Å²) >= 11 is 6.41. The zero-order valence-corrected chi connectivity index (χ0v) is 17.9. The zero-order chi connectivity index (χ0) is 20.6. The van der Waals surface area contributed by atoms with Crippen LogP contribution in [0.5, 0.6) is 0 Å². The maximum atomic E-state index is 13.1. The van der Waals surface area contributed by atoms with E-state index in [-0.39, 0.29) is 23.8 Å². The average Bonchev–Trinajstić information content (AvgIpc) is 3.47. The lowest BCUT2D eigenvalue weighted by molar-refractivity contribution is -0.133. The Bertz CT molecular complexity index is 1020. The summed E-state index contributed by atoms with van der Waals surface area (Å²) < 4.78 is 25.7. The number of hydrogen-bond acceptors (Lipinski definition) is 3. The molecule has 4 rings (SSSR count). The Morgan fingerprint density at radius 3 is 2.52 bits per heavy atom. The summed E-state index contributed by atoms with van der Waals surface area (Å²) in [6.07, 6.45) is 3.56. The molecule has 1 saturated carbocycles. The molecule has 1 heterocycles. The number of hydrogen-bond donors (Lipinski definition) is 1. The molecule has 2 aliphatic rings. The molecule has 1 aliphatic carbocycles. The molecule has 1 N–H and O–H groups in total. The maximum absolute atomic E-state index is 13.1. The van der Waals surface area contributed by atoms with Gasteiger partial charge in [-0.3, -0.25) is 4.79 Å². The van der Waals surface area contributed by atoms with Gasteiger partial charge < -0.3 is 4.90 Å². The van der Waals surface area contributed by atoms with E-state index in [1.54, 1.807) is 0 Å². The third-order valence-corrected chi connectivity index (χ3v) is 6.84. The van der Waals surface area contributed by atoms with Gasteiger partial charge in [0.15, 0.2) is 0 Å². The fourth-order valence-electron chi connectivity index (χ4n) is 4.37. The molecule has 7 heteroatoms. The van der Waals surface area contributed by atoms with Gasteiger partial charge in [0, 0.05) is 35.6 Å². The van der Waals surface area contributed by atoms with Gasteiger partial charge in [0.2, 0.25) is 15.9 Å². The van der Waals surface area contributed by atoms with Crippen LogP contribution in [0.25, 0.3) is 11.1 Å². The molecule has 3 atom stereocenters. The summed E-state index contributed by atoms with van der Waals surface area (Å²) in [5.41, 5.74) is 3.22. The Morgan fingerprint density at radius 1 is 1.10 bits per heavy atom. The first-order valence-corrected chi connectivity index (χ1v) is 12.2. The molecular formula is C22H25ClN2O3S. The van der Waals surface area contributed by atoms with Crippen molar-refractivity contribution in [1.82, 2.24) is 9.62 Å². The van der Waals surface area contributed by atoms with Crippen LogP contribution in [0.1, 0.15) is 30.7 Å². The minimum Gasteiger partial charge on any atom is -0.341 e. The molecule has 2 aromatic carbocycles. The highest BCUT2D eigenvalue weighted by molar-refractivity contribution is 7.88. The Morgan fingerprint density at radius 2 is 1.79 bits per heavy atom. The van der Waals surface area contributed by atoms with Crippen LogP contribution < -0.4 is 4.72 Å². The molecule has 0 bridgehead atoms. The highest BCUT2D eigenvalue weighted by Crippen LogP contribution is 2.51. The number of piperidine rings is 1. The number of nitrogens with one attached hydrogen (secondary N) is 1. The lowest BCUT2D eigenvalue weighted by Crippen LogP contribution is -2.49. The van der Waals surface area contributed by atoms with E-state index in [0.717, 1.165) is 42.2 Å². The van der Waals surface area contributed by atoms with Crippen molar-refractivity contribution in [2.45, 2.75) is 31.2 Å². The quantitative estimate of drug-likeness (QED) is 0.784. The van der Waals surface area contributed by atoms with Gasteiger partial charge in [-0.1, -0.05) is 54.1 Å². The van der Waals surface area contributed by atoms with Crippen molar-refractivity contribution >= 4 is 27.5 Å². The van der Waals surface area contributed by atoms with Gasteiger partial charge in [-0.2, -0.15) is 0 Å². The first-order valence-electron chi connectivity index (χ1n) is 9.93. The standard InChI is InChI=1S/C22H25ClN2O3S/c1-29(27,28)24-15-7-6-12-25(14-15)22(26)20-13-19(20)17-9-3-2-8-16(17)18-10-4-5-11-21(18)23/h2-5,8-11,15,19-20,24H,6-7,12-14H2,1H3/t15-,19+,20-/m1/s1. The van der Waals surface area contributed by atoms with Crippen LogP contribution in [0.2, 0.25) is 5.02 Å². The summed E-state index contributed by atoms with van der Waals surface area (Å²) in [5, 5.41) is 0.703. The lowest BCUT2D eigenvalue weighted by atomic mass is 9.95. The number of carbonyl (C=O) groups excluding carboxylic acids is 1. The van der Waals surface area contributed by atoms with Crippen molar-refractivity contribution in [3.05, 3.63) is 59.1 Å². The molecule has 0 spiro atoms. The van der Waals surface area contributed by atoms with Gasteiger partial charge in [-0.05, 0) is 42.4 Å². The molecule has 2 fully saturated rings. The Kier molecular flexibility index (Phi) is 5.69. The minimum atomic E-state index is -3.27. The number of halogens is 1. The largest absolute Gasteiger partial charge is 0.341 e. The van der Waals surface area contributed by atoms with Crippen LogP contribution in [-0.2, 0) is 14.8 Å². The van der Waals surface area contributed by atoms with E-state index in [9.17, 15) is 13.2 Å². The molecule has 0 radical (unpaired) electrons. The van der Waals surface area contributed by atoms with E-state index in [2.05, 4.69) is 16.9 Å². The highest BCUT2D eigenvalue weighted by Gasteiger charge is 2.47. The van der Waals surface area contributed by atoms with Crippen LogP contribution in [0.4, 0.5) is 0 Å². The van der Waals surface area contributed by atoms with Crippen molar-refractivity contribution < 1.29 is 13.2 Å². The van der Waals surface area contributed by atoms with E-state index in [1.165, 1.54) is 0 Å². The number of likely N-dealkylation sites (tertiary alicyclic amines) is 1. The maximum Gasteiger partial charge on any atom is 0.226 e. The predicted molar refractivity (Wildman–Crippen MR) is 115 cm³/mol. The topological polar surface area (TPSA) is 66.5 Å². The minimum absolute atomic E-state index is 0.0457. The van der Waals surface area contributed by atoms with Gasteiger partial charge >= 0.3 is 0 Å². The second kappa shape index (κ2) is 8.09. The van der Waals surface area contributed by atoms with E-state index in [4.69, 9.17) is 11.6 Å². The molecule has 154 valence electrons. The van der Waals surface area contributed by atoms with Crippen molar-refractivity contribution in [2.24, 2.45) is 5.92 Å². The number of rotatable bonds is 5. The number of sulfonamides is 1. The van der Waals surface area contributed by atoms with Crippen LogP contribution in [0.3, 0.4) is 0 Å². The first-order chi connectivity index (χ1) is 13.8. The van der Waals surface area contributed by atoms with E-state index in [1.807, 2.05) is 41.3 Å². The number of benzene rings is 2.